The van der Waals surface area contributed by atoms with E-state index in [9.17, 15) is 14.9 Å². The number of benzene rings is 2. The van der Waals surface area contributed by atoms with Gasteiger partial charge in [-0.25, -0.2) is 0 Å². The first kappa shape index (κ1) is 17.2. The van der Waals surface area contributed by atoms with Gasteiger partial charge in [0.15, 0.2) is 6.10 Å². The van der Waals surface area contributed by atoms with Gasteiger partial charge in [0.25, 0.3) is 11.6 Å². The van der Waals surface area contributed by atoms with Crippen molar-refractivity contribution in [2.45, 2.75) is 32.4 Å². The predicted molar refractivity (Wildman–Crippen MR) is 95.3 cm³/mol. The van der Waals surface area contributed by atoms with E-state index >= 15 is 0 Å². The van der Waals surface area contributed by atoms with Gasteiger partial charge in [-0.1, -0.05) is 29.8 Å². The summed E-state index contributed by atoms with van der Waals surface area (Å²) in [5.74, 6) is 0.0696. The number of para-hydroxylation sites is 1. The van der Waals surface area contributed by atoms with Gasteiger partial charge in [0.1, 0.15) is 5.75 Å². The van der Waals surface area contributed by atoms with Gasteiger partial charge in [0.2, 0.25) is 0 Å². The summed E-state index contributed by atoms with van der Waals surface area (Å²) in [6.45, 7) is 3.64. The Morgan fingerprint density at radius 1 is 1.36 bits per heavy atom. The van der Waals surface area contributed by atoms with Crippen LogP contribution in [0.1, 0.15) is 19.4 Å². The van der Waals surface area contributed by atoms with Crippen LogP contribution in [0.2, 0.25) is 5.02 Å². The molecule has 0 aromatic heterocycles. The summed E-state index contributed by atoms with van der Waals surface area (Å²) in [4.78, 5) is 24.8. The van der Waals surface area contributed by atoms with Crippen LogP contribution in [0.4, 0.5) is 11.4 Å². The number of anilines is 1. The van der Waals surface area contributed by atoms with Gasteiger partial charge >= 0.3 is 0 Å². The molecule has 7 heteroatoms. The molecule has 0 saturated heterocycles. The maximum atomic E-state index is 12.9. The van der Waals surface area contributed by atoms with Crippen molar-refractivity contribution in [3.8, 4) is 5.75 Å². The molecule has 130 valence electrons. The smallest absolute Gasteiger partial charge is 0.271 e. The van der Waals surface area contributed by atoms with Crippen molar-refractivity contribution in [2.75, 3.05) is 4.90 Å². The molecule has 0 bridgehead atoms. The molecule has 2 aromatic rings. The van der Waals surface area contributed by atoms with Crippen LogP contribution >= 0.6 is 11.6 Å². The summed E-state index contributed by atoms with van der Waals surface area (Å²) in [6, 6.07) is 11.7. The summed E-state index contributed by atoms with van der Waals surface area (Å²) in [5, 5.41) is 10.9. The molecular formula is C18H17ClN2O4. The normalized spacial score (nSPS) is 17.1. The number of ether oxygens (including phenoxy) is 1. The molecule has 6 nitrogen and oxygen atoms in total. The van der Waals surface area contributed by atoms with E-state index in [-0.39, 0.29) is 28.4 Å². The van der Waals surface area contributed by atoms with Crippen LogP contribution in [0.3, 0.4) is 0 Å². The number of nitro benzene ring substituents is 1. The van der Waals surface area contributed by atoms with E-state index in [1.54, 1.807) is 11.8 Å². The molecule has 0 fully saturated rings. The molecule has 25 heavy (non-hydrogen) atoms. The number of carbonyl (C=O) groups is 1. The van der Waals surface area contributed by atoms with Crippen molar-refractivity contribution >= 4 is 28.9 Å². The molecule has 0 saturated carbocycles. The number of non-ortho nitro benzene ring substituents is 1. The lowest BCUT2D eigenvalue weighted by Gasteiger charge is -2.26. The van der Waals surface area contributed by atoms with Crippen LogP contribution in [-0.2, 0) is 11.2 Å². The highest BCUT2D eigenvalue weighted by molar-refractivity contribution is 6.32. The van der Waals surface area contributed by atoms with Crippen molar-refractivity contribution in [3.63, 3.8) is 0 Å². The zero-order valence-electron chi connectivity index (χ0n) is 13.8. The Bertz CT molecular complexity index is 840. The first-order chi connectivity index (χ1) is 11.9. The summed E-state index contributed by atoms with van der Waals surface area (Å²) in [5.41, 5.74) is 1.90. The molecule has 0 radical (unpaired) electrons. The molecule has 1 aliphatic heterocycles. The SMILES string of the molecule is C[C@@H]1Cc2ccccc2N1C(=O)[C@@H](C)Oc1ccc([N+](=O)[O-])cc1Cl. The highest BCUT2D eigenvalue weighted by Crippen LogP contribution is 2.34. The maximum absolute atomic E-state index is 12.9. The van der Waals surface area contributed by atoms with E-state index in [2.05, 4.69) is 0 Å². The number of fused-ring (bicyclic) bond motifs is 1. The summed E-state index contributed by atoms with van der Waals surface area (Å²) in [6.07, 6.45) is 0.0278. The van der Waals surface area contributed by atoms with Gasteiger partial charge in [-0.2, -0.15) is 0 Å². The van der Waals surface area contributed by atoms with Crippen molar-refractivity contribution in [2.24, 2.45) is 0 Å². The average molecular weight is 361 g/mol. The van der Waals surface area contributed by atoms with Crippen LogP contribution in [-0.4, -0.2) is 23.0 Å². The van der Waals surface area contributed by atoms with E-state index < -0.39 is 11.0 Å². The average Bonchev–Trinajstić information content (AvgIpc) is 2.91. The molecule has 2 atom stereocenters. The number of carbonyl (C=O) groups excluding carboxylic acids is 1. The fourth-order valence-corrected chi connectivity index (χ4v) is 3.26. The van der Waals surface area contributed by atoms with Crippen molar-refractivity contribution in [1.82, 2.24) is 0 Å². The second kappa shape index (κ2) is 6.72. The van der Waals surface area contributed by atoms with E-state index in [0.29, 0.717) is 0 Å². The number of rotatable bonds is 4. The number of hydrogen-bond acceptors (Lipinski definition) is 4. The lowest BCUT2D eigenvalue weighted by molar-refractivity contribution is -0.384. The standard InChI is InChI=1S/C18H17ClN2O4/c1-11-9-13-5-3-4-6-16(13)20(11)18(22)12(2)25-17-8-7-14(21(23)24)10-15(17)19/h3-8,10-12H,9H2,1-2H3/t11-,12-/m1/s1. The van der Waals surface area contributed by atoms with E-state index in [0.717, 1.165) is 17.7 Å². The molecule has 1 heterocycles. The monoisotopic (exact) mass is 360 g/mol. The van der Waals surface area contributed by atoms with Crippen LogP contribution in [0, 0.1) is 10.1 Å². The minimum atomic E-state index is -0.771. The van der Waals surface area contributed by atoms with Gasteiger partial charge in [-0.05, 0) is 38.0 Å². The molecular weight excluding hydrogens is 344 g/mol. The summed E-state index contributed by atoms with van der Waals surface area (Å²) < 4.78 is 5.67. The van der Waals surface area contributed by atoms with E-state index in [4.69, 9.17) is 16.3 Å². The Morgan fingerprint density at radius 2 is 2.08 bits per heavy atom. The quantitative estimate of drug-likeness (QED) is 0.610. The topological polar surface area (TPSA) is 72.7 Å². The van der Waals surface area contributed by atoms with Gasteiger partial charge in [-0.3, -0.25) is 14.9 Å². The third-order valence-corrected chi connectivity index (χ3v) is 4.52. The van der Waals surface area contributed by atoms with Gasteiger partial charge in [-0.15, -0.1) is 0 Å². The minimum absolute atomic E-state index is 0.0447. The van der Waals surface area contributed by atoms with Crippen LogP contribution in [0.15, 0.2) is 42.5 Å². The number of nitro groups is 1. The van der Waals surface area contributed by atoms with E-state index in [1.165, 1.54) is 18.2 Å². The Labute approximate surface area is 150 Å². The maximum Gasteiger partial charge on any atom is 0.271 e. The summed E-state index contributed by atoms with van der Waals surface area (Å²) in [7, 11) is 0. The molecule has 0 unspecified atom stereocenters. The highest BCUT2D eigenvalue weighted by atomic mass is 35.5. The minimum Gasteiger partial charge on any atom is -0.479 e. The molecule has 0 N–H and O–H groups in total. The molecule has 0 spiro atoms. The van der Waals surface area contributed by atoms with Gasteiger partial charge in [0.05, 0.1) is 9.95 Å². The Kier molecular flexibility index (Phi) is 4.63. The number of halogens is 1. The third kappa shape index (κ3) is 3.30. The molecule has 0 aliphatic carbocycles. The Morgan fingerprint density at radius 3 is 2.76 bits per heavy atom. The zero-order valence-corrected chi connectivity index (χ0v) is 14.6. The van der Waals surface area contributed by atoms with Crippen LogP contribution < -0.4 is 9.64 Å². The second-order valence-electron chi connectivity index (χ2n) is 6.02. The fourth-order valence-electron chi connectivity index (χ4n) is 3.04. The highest BCUT2D eigenvalue weighted by Gasteiger charge is 2.34. The van der Waals surface area contributed by atoms with Crippen LogP contribution in [0.25, 0.3) is 0 Å². The lowest BCUT2D eigenvalue weighted by atomic mass is 10.1. The van der Waals surface area contributed by atoms with Gasteiger partial charge < -0.3 is 9.64 Å². The predicted octanol–water partition coefficient (Wildman–Crippen LogP) is 3.99. The second-order valence-corrected chi connectivity index (χ2v) is 6.43. The number of nitrogens with zero attached hydrogens (tertiary/aromatic N) is 2. The van der Waals surface area contributed by atoms with Crippen molar-refractivity contribution < 1.29 is 14.5 Å². The first-order valence-corrected chi connectivity index (χ1v) is 8.28. The third-order valence-electron chi connectivity index (χ3n) is 4.22. The molecule has 1 amide bonds. The molecule has 1 aliphatic rings. The number of hydrogen-bond donors (Lipinski definition) is 0. The largest absolute Gasteiger partial charge is 0.479 e. The molecule has 2 aromatic carbocycles. The van der Waals surface area contributed by atoms with Crippen molar-refractivity contribution in [3.05, 3.63) is 63.2 Å². The zero-order chi connectivity index (χ0) is 18.1. The number of amides is 1. The van der Waals surface area contributed by atoms with E-state index in [1.807, 2.05) is 31.2 Å². The van der Waals surface area contributed by atoms with Crippen molar-refractivity contribution in [1.29, 1.82) is 0 Å². The fraction of sp³-hybridized carbons (Fsp3) is 0.278. The van der Waals surface area contributed by atoms with Gasteiger partial charge in [0, 0.05) is 23.9 Å². The van der Waals surface area contributed by atoms with Crippen LogP contribution in [0.5, 0.6) is 5.75 Å². The Hall–Kier alpha value is -2.60. The lowest BCUT2D eigenvalue weighted by Crippen LogP contribution is -2.43. The molecule has 3 rings (SSSR count). The summed E-state index contributed by atoms with van der Waals surface area (Å²) >= 11 is 6.04. The first-order valence-electron chi connectivity index (χ1n) is 7.90. The Balaban J connectivity index is 1.79.